The number of allylic oxidation sites excluding steroid dienone is 1. The Bertz CT molecular complexity index is 1430. The number of pyridine rings is 1. The molecule has 0 radical (unpaired) electrons. The van der Waals surface area contributed by atoms with Crippen molar-refractivity contribution in [2.24, 2.45) is 0 Å². The molecule has 0 unspecified atom stereocenters. The molecule has 7 heteroatoms. The van der Waals surface area contributed by atoms with Crippen molar-refractivity contribution in [1.82, 2.24) is 9.55 Å². The summed E-state index contributed by atoms with van der Waals surface area (Å²) in [5.41, 5.74) is 6.77. The zero-order chi connectivity index (χ0) is 24.3. The number of fused-ring (bicyclic) bond motifs is 2. The Balaban J connectivity index is 0.000000231. The molecule has 176 valence electrons. The highest BCUT2D eigenvalue weighted by atomic mass is 32.2. The van der Waals surface area contributed by atoms with Gasteiger partial charge in [0.2, 0.25) is 0 Å². The van der Waals surface area contributed by atoms with Crippen LogP contribution in [0.3, 0.4) is 0 Å². The van der Waals surface area contributed by atoms with Crippen LogP contribution in [0.2, 0.25) is 0 Å². The maximum atomic E-state index is 10.4. The third kappa shape index (κ3) is 4.76. The highest BCUT2D eigenvalue weighted by Gasteiger charge is 2.22. The number of aromatic nitrogens is 2. The molecule has 2 aromatic heterocycles. The van der Waals surface area contributed by atoms with E-state index in [1.165, 1.54) is 45.4 Å². The molecular formula is C27H29N3O3S. The molecule has 4 aromatic rings. The summed E-state index contributed by atoms with van der Waals surface area (Å²) in [4.78, 5) is 7.12. The first kappa shape index (κ1) is 23.7. The number of hydrogen-bond donors (Lipinski definition) is 1. The van der Waals surface area contributed by atoms with Gasteiger partial charge < -0.3 is 9.47 Å². The maximum absolute atomic E-state index is 10.4. The molecule has 2 aromatic carbocycles. The minimum Gasteiger partial charge on any atom is -0.350 e. The lowest BCUT2D eigenvalue weighted by Gasteiger charge is -2.30. The average molecular weight is 476 g/mol. The highest BCUT2D eigenvalue weighted by Crippen LogP contribution is 2.33. The molecule has 0 saturated heterocycles. The molecule has 0 spiro atoms. The predicted octanol–water partition coefficient (Wildman–Crippen LogP) is 5.34. The van der Waals surface area contributed by atoms with E-state index in [4.69, 9.17) is 9.54 Å². The van der Waals surface area contributed by atoms with Crippen LogP contribution >= 0.6 is 0 Å². The van der Waals surface area contributed by atoms with E-state index in [1.807, 2.05) is 12.3 Å². The van der Waals surface area contributed by atoms with Gasteiger partial charge >= 0.3 is 0 Å². The first-order valence-electron chi connectivity index (χ1n) is 11.2. The Morgan fingerprint density at radius 2 is 1.71 bits per heavy atom. The van der Waals surface area contributed by atoms with Gasteiger partial charge in [0.15, 0.2) is 5.82 Å². The van der Waals surface area contributed by atoms with Crippen molar-refractivity contribution in [2.75, 3.05) is 11.4 Å². The summed E-state index contributed by atoms with van der Waals surface area (Å²) >= 11 is 0. The van der Waals surface area contributed by atoms with Crippen molar-refractivity contribution in [3.63, 3.8) is 0 Å². The van der Waals surface area contributed by atoms with Gasteiger partial charge in [-0.05, 0) is 55.2 Å². The second-order valence-electron chi connectivity index (χ2n) is 8.37. The Labute approximate surface area is 200 Å². The number of benzene rings is 2. The van der Waals surface area contributed by atoms with Crippen molar-refractivity contribution >= 4 is 26.8 Å². The fourth-order valence-corrected chi connectivity index (χ4v) is 4.94. The number of rotatable bonds is 4. The number of aryl methyl sites for hydroxylation is 1. The monoisotopic (exact) mass is 475 g/mol. The Morgan fingerprint density at radius 3 is 2.35 bits per heavy atom. The van der Waals surface area contributed by atoms with Crippen LogP contribution in [0.1, 0.15) is 22.4 Å². The standard InChI is InChI=1S/C21H23N3.C6H6O3S/c1-4-12-24-16(3)15(2)19-9-11-22-21(20(19)24)23-13-10-17-7-5-6-8-18(17)14-23;7-10(8,9)6-4-2-1-3-5-6/h4-9,11H,1,10,12-14H2,2-3H3;1-5H,(H,7,8,9). The molecule has 0 aliphatic carbocycles. The van der Waals surface area contributed by atoms with Gasteiger partial charge in [0.1, 0.15) is 0 Å². The number of nitrogens with zero attached hydrogens (tertiary/aromatic N) is 3. The first-order chi connectivity index (χ1) is 16.3. The molecule has 0 bridgehead atoms. The van der Waals surface area contributed by atoms with Gasteiger partial charge in [-0.15, -0.1) is 6.58 Å². The Kier molecular flexibility index (Phi) is 6.86. The van der Waals surface area contributed by atoms with Crippen LogP contribution in [0.25, 0.3) is 10.9 Å². The summed E-state index contributed by atoms with van der Waals surface area (Å²) in [5.74, 6) is 1.10. The third-order valence-corrected chi connectivity index (χ3v) is 7.18. The molecule has 1 N–H and O–H groups in total. The van der Waals surface area contributed by atoms with Crippen LogP contribution in [0.4, 0.5) is 5.82 Å². The van der Waals surface area contributed by atoms with Gasteiger partial charge in [0.05, 0.1) is 10.4 Å². The Hall–Kier alpha value is -3.42. The van der Waals surface area contributed by atoms with Crippen molar-refractivity contribution in [3.05, 3.63) is 102 Å². The summed E-state index contributed by atoms with van der Waals surface area (Å²) in [6.07, 6.45) is 4.99. The third-order valence-electron chi connectivity index (χ3n) is 6.31. The van der Waals surface area contributed by atoms with E-state index >= 15 is 0 Å². The molecule has 0 atom stereocenters. The van der Waals surface area contributed by atoms with Crippen LogP contribution in [-0.2, 0) is 29.6 Å². The topological polar surface area (TPSA) is 75.4 Å². The Morgan fingerprint density at radius 1 is 1.03 bits per heavy atom. The predicted molar refractivity (Wildman–Crippen MR) is 137 cm³/mol. The van der Waals surface area contributed by atoms with E-state index in [9.17, 15) is 8.42 Å². The lowest BCUT2D eigenvalue weighted by Crippen LogP contribution is -2.31. The largest absolute Gasteiger partial charge is 0.350 e. The lowest BCUT2D eigenvalue weighted by atomic mass is 10.00. The fraction of sp³-hybridized carbons (Fsp3) is 0.222. The van der Waals surface area contributed by atoms with Gasteiger partial charge in [0.25, 0.3) is 10.1 Å². The summed E-state index contributed by atoms with van der Waals surface area (Å²) in [6, 6.07) is 18.3. The van der Waals surface area contributed by atoms with E-state index in [0.29, 0.717) is 0 Å². The van der Waals surface area contributed by atoms with Crippen LogP contribution in [0.15, 0.2) is 84.4 Å². The van der Waals surface area contributed by atoms with Crippen molar-refractivity contribution in [2.45, 2.75) is 38.3 Å². The minimum atomic E-state index is -4.00. The second kappa shape index (κ2) is 9.83. The SMILES string of the molecule is C=CCn1c(C)c(C)c2ccnc(N3CCc4ccccc4C3)c21.O=S(=O)(O)c1ccccc1. The number of hydrogen-bond acceptors (Lipinski definition) is 4. The van der Waals surface area contributed by atoms with Crippen molar-refractivity contribution in [1.29, 1.82) is 0 Å². The molecule has 0 amide bonds. The van der Waals surface area contributed by atoms with Gasteiger partial charge in [0, 0.05) is 36.9 Å². The lowest BCUT2D eigenvalue weighted by molar-refractivity contribution is 0.483. The summed E-state index contributed by atoms with van der Waals surface area (Å²) in [7, 11) is -4.00. The molecule has 34 heavy (non-hydrogen) atoms. The van der Waals surface area contributed by atoms with E-state index in [2.05, 4.69) is 60.2 Å². The zero-order valence-corrected chi connectivity index (χ0v) is 20.3. The van der Waals surface area contributed by atoms with Gasteiger partial charge in [-0.3, -0.25) is 4.55 Å². The quantitative estimate of drug-likeness (QED) is 0.319. The zero-order valence-electron chi connectivity index (χ0n) is 19.5. The number of anilines is 1. The molecule has 1 aliphatic rings. The average Bonchev–Trinajstić information content (AvgIpc) is 3.09. The fourth-order valence-electron chi connectivity index (χ4n) is 4.43. The molecule has 5 rings (SSSR count). The van der Waals surface area contributed by atoms with Crippen LogP contribution in [-0.4, -0.2) is 29.1 Å². The summed E-state index contributed by atoms with van der Waals surface area (Å²) < 4.78 is 31.6. The molecule has 0 fully saturated rings. The second-order valence-corrected chi connectivity index (χ2v) is 9.79. The maximum Gasteiger partial charge on any atom is 0.294 e. The van der Waals surface area contributed by atoms with E-state index in [-0.39, 0.29) is 4.90 Å². The first-order valence-corrected chi connectivity index (χ1v) is 12.6. The smallest absolute Gasteiger partial charge is 0.294 e. The van der Waals surface area contributed by atoms with Crippen molar-refractivity contribution < 1.29 is 13.0 Å². The van der Waals surface area contributed by atoms with E-state index in [1.54, 1.807) is 18.2 Å². The normalized spacial score (nSPS) is 13.2. The molecule has 0 saturated carbocycles. The highest BCUT2D eigenvalue weighted by molar-refractivity contribution is 7.85. The molecule has 3 heterocycles. The molecule has 1 aliphatic heterocycles. The van der Waals surface area contributed by atoms with Crippen LogP contribution in [0, 0.1) is 13.8 Å². The minimum absolute atomic E-state index is 0.0741. The van der Waals surface area contributed by atoms with Gasteiger partial charge in [-0.2, -0.15) is 8.42 Å². The van der Waals surface area contributed by atoms with Gasteiger partial charge in [-0.25, -0.2) is 4.98 Å². The molecular weight excluding hydrogens is 446 g/mol. The van der Waals surface area contributed by atoms with E-state index < -0.39 is 10.1 Å². The van der Waals surface area contributed by atoms with Crippen LogP contribution in [0.5, 0.6) is 0 Å². The summed E-state index contributed by atoms with van der Waals surface area (Å²) in [6.45, 7) is 11.1. The van der Waals surface area contributed by atoms with E-state index in [0.717, 1.165) is 31.9 Å². The van der Waals surface area contributed by atoms with Gasteiger partial charge in [-0.1, -0.05) is 48.5 Å². The molecule has 6 nitrogen and oxygen atoms in total. The van der Waals surface area contributed by atoms with Crippen LogP contribution < -0.4 is 4.90 Å². The van der Waals surface area contributed by atoms with Crippen molar-refractivity contribution in [3.8, 4) is 0 Å². The summed E-state index contributed by atoms with van der Waals surface area (Å²) in [5, 5.41) is 1.30.